The van der Waals surface area contributed by atoms with Crippen LogP contribution in [0.5, 0.6) is 0 Å². The lowest BCUT2D eigenvalue weighted by Gasteiger charge is -2.17. The third-order valence-corrected chi connectivity index (χ3v) is 6.07. The lowest BCUT2D eigenvalue weighted by molar-refractivity contribution is -0.119. The lowest BCUT2D eigenvalue weighted by Crippen LogP contribution is -2.17. The van der Waals surface area contributed by atoms with Gasteiger partial charge < -0.3 is 15.1 Å². The predicted octanol–water partition coefficient (Wildman–Crippen LogP) is 4.58. The van der Waals surface area contributed by atoms with Crippen molar-refractivity contribution in [3.63, 3.8) is 0 Å². The first kappa shape index (κ1) is 27.5. The monoisotopic (exact) mass is 477 g/mol. The van der Waals surface area contributed by atoms with Crippen molar-refractivity contribution in [3.05, 3.63) is 93.2 Å². The van der Waals surface area contributed by atoms with Gasteiger partial charge in [0.15, 0.2) is 0 Å². The molecule has 3 aromatic rings. The maximum absolute atomic E-state index is 13.6. The zero-order chi connectivity index (χ0) is 26.3. The highest BCUT2D eigenvalue weighted by Crippen LogP contribution is 2.38. The van der Waals surface area contributed by atoms with Gasteiger partial charge in [-0.2, -0.15) is 0 Å². The van der Waals surface area contributed by atoms with E-state index in [1.165, 1.54) is 19.2 Å². The molecule has 0 saturated heterocycles. The minimum Gasteiger partial charge on any atom is -0.333 e. The average Bonchev–Trinajstić information content (AvgIpc) is 3.00. The Morgan fingerprint density at radius 1 is 1.09 bits per heavy atom. The van der Waals surface area contributed by atoms with Gasteiger partial charge in [0.1, 0.15) is 18.4 Å². The fraction of sp³-hybridized carbons (Fsp3) is 0.286. The first-order valence-corrected chi connectivity index (χ1v) is 11.4. The third-order valence-electron chi connectivity index (χ3n) is 6.07. The maximum Gasteiger partial charge on any atom is 0.250 e. The number of rotatable bonds is 4. The predicted molar refractivity (Wildman–Crippen MR) is 139 cm³/mol. The molecule has 0 fully saturated rings. The van der Waals surface area contributed by atoms with Gasteiger partial charge >= 0.3 is 0 Å². The number of hydrogen-bond donors (Lipinski definition) is 1. The standard InChI is InChI=1S/C26H25FN2O2.CH5N.CH2O/c1-5-24(30)15(2)18-8-11-20-22(12-18)23-14-29(4)25(31)13-21(23)16(3)28-26(20)17-6-9-19(27)10-7-17;2*1-2/h6-16H,5H2,1-4H3;2H2,1H3;1H2/t15?,16-;;/m0../s1. The van der Waals surface area contributed by atoms with Gasteiger partial charge in [-0.15, -0.1) is 0 Å². The molecule has 2 N–H and O–H groups in total. The molecule has 0 spiro atoms. The van der Waals surface area contributed by atoms with Crippen LogP contribution in [-0.2, 0) is 16.6 Å². The summed E-state index contributed by atoms with van der Waals surface area (Å²) < 4.78 is 15.1. The van der Waals surface area contributed by atoms with E-state index in [2.05, 4.69) is 5.73 Å². The van der Waals surface area contributed by atoms with Crippen LogP contribution >= 0.6 is 0 Å². The number of Topliss-reactive ketones (excluding diaryl/α,β-unsaturated/α-hetero) is 1. The molecule has 1 aromatic heterocycles. The number of carbonyl (C=O) groups excluding carboxylic acids is 2. The largest absolute Gasteiger partial charge is 0.333 e. The molecule has 1 unspecified atom stereocenters. The van der Waals surface area contributed by atoms with Gasteiger partial charge in [-0.3, -0.25) is 14.6 Å². The van der Waals surface area contributed by atoms with Crippen molar-refractivity contribution in [1.82, 2.24) is 4.57 Å². The second-order valence-corrected chi connectivity index (χ2v) is 8.10. The number of ketones is 1. The average molecular weight is 478 g/mol. The smallest absolute Gasteiger partial charge is 0.250 e. The van der Waals surface area contributed by atoms with E-state index in [-0.39, 0.29) is 29.1 Å². The molecule has 0 radical (unpaired) electrons. The molecule has 4 rings (SSSR count). The molecule has 184 valence electrons. The zero-order valence-corrected chi connectivity index (χ0v) is 20.8. The van der Waals surface area contributed by atoms with Crippen LogP contribution in [-0.4, -0.2) is 29.9 Å². The molecule has 2 aromatic carbocycles. The van der Waals surface area contributed by atoms with Crippen LogP contribution in [0.2, 0.25) is 0 Å². The number of fused-ring (bicyclic) bond motifs is 3. The normalized spacial score (nSPS) is 14.5. The van der Waals surface area contributed by atoms with E-state index in [9.17, 15) is 14.0 Å². The molecule has 35 heavy (non-hydrogen) atoms. The Morgan fingerprint density at radius 3 is 2.31 bits per heavy atom. The first-order chi connectivity index (χ1) is 16.8. The molecule has 0 aliphatic carbocycles. The number of carbonyl (C=O) groups is 2. The van der Waals surface area contributed by atoms with Gasteiger partial charge in [0.05, 0.1) is 11.8 Å². The van der Waals surface area contributed by atoms with Crippen LogP contribution in [0, 0.1) is 5.82 Å². The third kappa shape index (κ3) is 5.69. The van der Waals surface area contributed by atoms with E-state index in [4.69, 9.17) is 9.79 Å². The number of aromatic nitrogens is 1. The summed E-state index contributed by atoms with van der Waals surface area (Å²) in [5.74, 6) is -0.354. The van der Waals surface area contributed by atoms with Gasteiger partial charge in [0, 0.05) is 48.3 Å². The summed E-state index contributed by atoms with van der Waals surface area (Å²) in [6.07, 6.45) is 2.31. The van der Waals surface area contributed by atoms with E-state index in [1.807, 2.05) is 52.0 Å². The summed E-state index contributed by atoms with van der Waals surface area (Å²) in [5, 5.41) is 0. The number of halogens is 1. The quantitative estimate of drug-likeness (QED) is 0.595. The van der Waals surface area contributed by atoms with Crippen molar-refractivity contribution >= 4 is 18.3 Å². The lowest BCUT2D eigenvalue weighted by atomic mass is 9.87. The Hall–Kier alpha value is -3.71. The fourth-order valence-corrected chi connectivity index (χ4v) is 4.14. The second-order valence-electron chi connectivity index (χ2n) is 8.10. The highest BCUT2D eigenvalue weighted by molar-refractivity contribution is 6.17. The van der Waals surface area contributed by atoms with Gasteiger partial charge in [0.2, 0.25) is 0 Å². The molecule has 0 saturated carbocycles. The molecular weight excluding hydrogens is 445 g/mol. The summed E-state index contributed by atoms with van der Waals surface area (Å²) in [4.78, 5) is 37.7. The Kier molecular flexibility index (Phi) is 9.54. The number of aliphatic imine (C=N–C) groups is 1. The summed E-state index contributed by atoms with van der Waals surface area (Å²) in [7, 11) is 3.23. The van der Waals surface area contributed by atoms with Crippen LogP contribution in [0.15, 0.2) is 64.5 Å². The van der Waals surface area contributed by atoms with E-state index < -0.39 is 0 Å². The molecule has 0 bridgehead atoms. The van der Waals surface area contributed by atoms with E-state index >= 15 is 0 Å². The van der Waals surface area contributed by atoms with Crippen molar-refractivity contribution in [3.8, 4) is 11.1 Å². The Balaban J connectivity index is 0.00000103. The maximum atomic E-state index is 13.6. The van der Waals surface area contributed by atoms with E-state index in [1.54, 1.807) is 29.8 Å². The summed E-state index contributed by atoms with van der Waals surface area (Å²) in [5.41, 5.74) is 10.5. The Morgan fingerprint density at radius 2 is 1.71 bits per heavy atom. The molecule has 0 amide bonds. The topological polar surface area (TPSA) is 94.5 Å². The van der Waals surface area contributed by atoms with Crippen LogP contribution < -0.4 is 11.3 Å². The van der Waals surface area contributed by atoms with Crippen molar-refractivity contribution in [2.75, 3.05) is 7.05 Å². The SMILES string of the molecule is C=O.CCC(=O)C(C)c1ccc2c(c1)-c1cn(C)c(=O)cc1[C@H](C)N=C2c1ccc(F)cc1.CN. The summed E-state index contributed by atoms with van der Waals surface area (Å²) >= 11 is 0. The highest BCUT2D eigenvalue weighted by atomic mass is 19.1. The molecule has 7 heteroatoms. The van der Waals surface area contributed by atoms with Crippen LogP contribution in [0.1, 0.15) is 61.4 Å². The van der Waals surface area contributed by atoms with Crippen LogP contribution in [0.25, 0.3) is 11.1 Å². The Bertz CT molecular complexity index is 1280. The molecule has 2 heterocycles. The first-order valence-electron chi connectivity index (χ1n) is 11.4. The molecule has 2 atom stereocenters. The minimum absolute atomic E-state index is 0.0988. The molecule has 1 aliphatic rings. The minimum atomic E-state index is -0.306. The van der Waals surface area contributed by atoms with Crippen LogP contribution in [0.4, 0.5) is 4.39 Å². The summed E-state index contributed by atoms with van der Waals surface area (Å²) in [6, 6.07) is 13.6. The number of aryl methyl sites for hydroxylation is 1. The van der Waals surface area contributed by atoms with Gasteiger partial charge in [-0.05, 0) is 61.0 Å². The highest BCUT2D eigenvalue weighted by Gasteiger charge is 2.25. The summed E-state index contributed by atoms with van der Waals surface area (Å²) in [6.45, 7) is 7.75. The zero-order valence-electron chi connectivity index (χ0n) is 20.8. The van der Waals surface area contributed by atoms with Crippen molar-refractivity contribution in [1.29, 1.82) is 0 Å². The van der Waals surface area contributed by atoms with Gasteiger partial charge in [-0.25, -0.2) is 4.39 Å². The van der Waals surface area contributed by atoms with E-state index in [0.717, 1.165) is 39.1 Å². The number of benzene rings is 2. The number of nitrogens with two attached hydrogens (primary N) is 1. The number of pyridine rings is 1. The fourth-order valence-electron chi connectivity index (χ4n) is 4.14. The number of nitrogens with zero attached hydrogens (tertiary/aromatic N) is 2. The van der Waals surface area contributed by atoms with Crippen LogP contribution in [0.3, 0.4) is 0 Å². The number of hydrogen-bond acceptors (Lipinski definition) is 5. The van der Waals surface area contributed by atoms with Gasteiger partial charge in [-0.1, -0.05) is 26.0 Å². The van der Waals surface area contributed by atoms with Crippen molar-refractivity contribution < 1.29 is 14.0 Å². The second kappa shape index (κ2) is 12.1. The van der Waals surface area contributed by atoms with Crippen molar-refractivity contribution in [2.24, 2.45) is 17.8 Å². The molecule has 1 aliphatic heterocycles. The van der Waals surface area contributed by atoms with Gasteiger partial charge in [0.25, 0.3) is 5.56 Å². The molecular formula is C28H32FN3O3. The van der Waals surface area contributed by atoms with E-state index in [0.29, 0.717) is 6.42 Å². The Labute approximate surface area is 205 Å². The molecule has 6 nitrogen and oxygen atoms in total. The van der Waals surface area contributed by atoms with Crippen molar-refractivity contribution in [2.45, 2.75) is 39.2 Å².